The number of aryl methyl sites for hydroxylation is 1. The smallest absolute Gasteiger partial charge is 0.147 e. The van der Waals surface area contributed by atoms with Gasteiger partial charge in [0.1, 0.15) is 5.82 Å². The second-order valence-corrected chi connectivity index (χ2v) is 4.68. The number of hydrogen-bond donors (Lipinski definition) is 2. The lowest BCUT2D eigenvalue weighted by Gasteiger charge is -2.19. The number of aromatic nitrogens is 2. The number of nitrogens with zero attached hydrogens (tertiary/aromatic N) is 2. The van der Waals surface area contributed by atoms with Crippen LogP contribution in [0.4, 0.5) is 5.82 Å². The molecule has 1 aliphatic rings. The predicted molar refractivity (Wildman–Crippen MR) is 71.3 cm³/mol. The molecule has 0 fully saturated rings. The topological polar surface area (TPSA) is 63.8 Å². The van der Waals surface area contributed by atoms with Gasteiger partial charge in [-0.3, -0.25) is 4.98 Å². The summed E-state index contributed by atoms with van der Waals surface area (Å²) in [6.45, 7) is 1.95. The molecule has 0 radical (unpaired) electrons. The summed E-state index contributed by atoms with van der Waals surface area (Å²) in [6, 6.07) is 8.59. The minimum Gasteiger partial charge on any atom is -0.360 e. The molecule has 2 unspecified atom stereocenters. The van der Waals surface area contributed by atoms with Gasteiger partial charge in [-0.25, -0.2) is 4.98 Å². The number of rotatable bonds is 2. The van der Waals surface area contributed by atoms with E-state index >= 15 is 0 Å². The maximum atomic E-state index is 6.22. The molecule has 18 heavy (non-hydrogen) atoms. The Morgan fingerprint density at radius 3 is 2.83 bits per heavy atom. The molecule has 3 N–H and O–H groups in total. The van der Waals surface area contributed by atoms with Crippen molar-refractivity contribution in [2.24, 2.45) is 5.73 Å². The first-order valence-electron chi connectivity index (χ1n) is 6.13. The fourth-order valence-electron chi connectivity index (χ4n) is 2.51. The quantitative estimate of drug-likeness (QED) is 0.840. The largest absolute Gasteiger partial charge is 0.360 e. The van der Waals surface area contributed by atoms with Crippen LogP contribution >= 0.6 is 0 Å². The van der Waals surface area contributed by atoms with Gasteiger partial charge in [0, 0.05) is 18.4 Å². The first-order chi connectivity index (χ1) is 8.75. The minimum atomic E-state index is 0.0869. The molecule has 92 valence electrons. The molecule has 0 bridgehead atoms. The van der Waals surface area contributed by atoms with Crippen LogP contribution in [0.5, 0.6) is 0 Å². The van der Waals surface area contributed by atoms with Crippen LogP contribution in [-0.4, -0.2) is 16.0 Å². The van der Waals surface area contributed by atoms with Crippen molar-refractivity contribution in [3.05, 3.63) is 53.5 Å². The van der Waals surface area contributed by atoms with Crippen molar-refractivity contribution >= 4 is 5.82 Å². The van der Waals surface area contributed by atoms with Gasteiger partial charge in [-0.15, -0.1) is 0 Å². The fourth-order valence-corrected chi connectivity index (χ4v) is 2.51. The van der Waals surface area contributed by atoms with Crippen LogP contribution in [-0.2, 0) is 6.42 Å². The van der Waals surface area contributed by atoms with E-state index in [1.165, 1.54) is 11.1 Å². The lowest BCUT2D eigenvalue weighted by Crippen LogP contribution is -2.30. The van der Waals surface area contributed by atoms with Gasteiger partial charge in [0.25, 0.3) is 0 Å². The summed E-state index contributed by atoms with van der Waals surface area (Å²) in [7, 11) is 0. The highest BCUT2D eigenvalue weighted by Crippen LogP contribution is 2.32. The molecule has 2 atom stereocenters. The molecule has 4 heteroatoms. The van der Waals surface area contributed by atoms with Crippen molar-refractivity contribution in [1.29, 1.82) is 0 Å². The average molecular weight is 240 g/mol. The summed E-state index contributed by atoms with van der Waals surface area (Å²) in [4.78, 5) is 8.56. The standard InChI is InChI=1S/C14H16N4/c1-9-14(17-7-6-16-9)18-13-11-5-3-2-4-10(11)8-12(13)15/h2-7,12-13H,8,15H2,1H3,(H,17,18). The summed E-state index contributed by atoms with van der Waals surface area (Å²) in [5.74, 6) is 0.814. The van der Waals surface area contributed by atoms with Crippen molar-refractivity contribution < 1.29 is 0 Å². The minimum absolute atomic E-state index is 0.0869. The summed E-state index contributed by atoms with van der Waals surface area (Å²) >= 11 is 0. The van der Waals surface area contributed by atoms with Gasteiger partial charge in [0.05, 0.1) is 11.7 Å². The van der Waals surface area contributed by atoms with Crippen molar-refractivity contribution in [1.82, 2.24) is 9.97 Å². The number of hydrogen-bond acceptors (Lipinski definition) is 4. The van der Waals surface area contributed by atoms with E-state index in [1.54, 1.807) is 12.4 Å². The molecule has 0 saturated heterocycles. The summed E-state index contributed by atoms with van der Waals surface area (Å²) in [5, 5.41) is 3.42. The lowest BCUT2D eigenvalue weighted by molar-refractivity contribution is 0.622. The zero-order valence-corrected chi connectivity index (χ0v) is 10.3. The molecular formula is C14H16N4. The third-order valence-electron chi connectivity index (χ3n) is 3.45. The number of anilines is 1. The van der Waals surface area contributed by atoms with E-state index in [1.807, 2.05) is 6.92 Å². The van der Waals surface area contributed by atoms with Gasteiger partial charge in [-0.1, -0.05) is 24.3 Å². The Morgan fingerprint density at radius 1 is 1.22 bits per heavy atom. The second-order valence-electron chi connectivity index (χ2n) is 4.68. The molecule has 0 spiro atoms. The molecule has 1 aromatic carbocycles. The van der Waals surface area contributed by atoms with Crippen LogP contribution in [0, 0.1) is 6.92 Å². The van der Waals surface area contributed by atoms with E-state index in [9.17, 15) is 0 Å². The number of nitrogens with one attached hydrogen (secondary N) is 1. The lowest BCUT2D eigenvalue weighted by atomic mass is 10.1. The van der Waals surface area contributed by atoms with E-state index in [0.717, 1.165) is 17.9 Å². The Bertz CT molecular complexity index is 567. The maximum Gasteiger partial charge on any atom is 0.147 e. The summed E-state index contributed by atoms with van der Waals surface area (Å²) in [5.41, 5.74) is 9.71. The zero-order chi connectivity index (χ0) is 12.5. The SMILES string of the molecule is Cc1nccnc1NC1c2ccccc2CC1N. The molecule has 1 aromatic heterocycles. The van der Waals surface area contributed by atoms with Gasteiger partial charge in [0.15, 0.2) is 0 Å². The first kappa shape index (κ1) is 11.2. The summed E-state index contributed by atoms with van der Waals surface area (Å²) in [6.07, 6.45) is 4.30. The highest BCUT2D eigenvalue weighted by atomic mass is 15.1. The van der Waals surface area contributed by atoms with E-state index in [-0.39, 0.29) is 12.1 Å². The Kier molecular flexibility index (Phi) is 2.72. The van der Waals surface area contributed by atoms with E-state index < -0.39 is 0 Å². The molecule has 3 rings (SSSR count). The van der Waals surface area contributed by atoms with Crippen molar-refractivity contribution in [3.63, 3.8) is 0 Å². The van der Waals surface area contributed by atoms with Crippen LogP contribution in [0.1, 0.15) is 22.9 Å². The highest BCUT2D eigenvalue weighted by molar-refractivity contribution is 5.47. The molecular weight excluding hydrogens is 224 g/mol. The van der Waals surface area contributed by atoms with Crippen LogP contribution in [0.25, 0.3) is 0 Å². The molecule has 0 amide bonds. The Hall–Kier alpha value is -1.94. The third kappa shape index (κ3) is 1.84. The molecule has 0 aliphatic heterocycles. The van der Waals surface area contributed by atoms with Crippen LogP contribution in [0.3, 0.4) is 0 Å². The average Bonchev–Trinajstić information content (AvgIpc) is 2.69. The molecule has 4 nitrogen and oxygen atoms in total. The van der Waals surface area contributed by atoms with Gasteiger partial charge >= 0.3 is 0 Å². The Labute approximate surface area is 106 Å². The molecule has 2 aromatic rings. The van der Waals surface area contributed by atoms with Crippen molar-refractivity contribution in [2.75, 3.05) is 5.32 Å². The van der Waals surface area contributed by atoms with E-state index in [2.05, 4.69) is 39.6 Å². The Balaban J connectivity index is 1.92. The third-order valence-corrected chi connectivity index (χ3v) is 3.45. The van der Waals surface area contributed by atoms with Gasteiger partial charge in [0.2, 0.25) is 0 Å². The van der Waals surface area contributed by atoms with E-state index in [4.69, 9.17) is 5.73 Å². The van der Waals surface area contributed by atoms with E-state index in [0.29, 0.717) is 0 Å². The molecule has 1 heterocycles. The van der Waals surface area contributed by atoms with Crippen molar-refractivity contribution in [2.45, 2.75) is 25.4 Å². The second kappa shape index (κ2) is 4.38. The van der Waals surface area contributed by atoms with Crippen LogP contribution in [0.2, 0.25) is 0 Å². The fraction of sp³-hybridized carbons (Fsp3) is 0.286. The number of fused-ring (bicyclic) bond motifs is 1. The first-order valence-corrected chi connectivity index (χ1v) is 6.13. The number of benzene rings is 1. The van der Waals surface area contributed by atoms with Gasteiger partial charge in [-0.05, 0) is 24.5 Å². The predicted octanol–water partition coefficient (Wildman–Crippen LogP) is 1.82. The van der Waals surface area contributed by atoms with Gasteiger partial charge in [-0.2, -0.15) is 0 Å². The van der Waals surface area contributed by atoms with Crippen molar-refractivity contribution in [3.8, 4) is 0 Å². The molecule has 0 saturated carbocycles. The van der Waals surface area contributed by atoms with Gasteiger partial charge < -0.3 is 11.1 Å². The Morgan fingerprint density at radius 2 is 2.00 bits per heavy atom. The number of nitrogens with two attached hydrogens (primary N) is 1. The zero-order valence-electron chi connectivity index (χ0n) is 10.3. The maximum absolute atomic E-state index is 6.22. The van der Waals surface area contributed by atoms with Crippen LogP contribution in [0.15, 0.2) is 36.7 Å². The monoisotopic (exact) mass is 240 g/mol. The normalized spacial score (nSPS) is 21.7. The summed E-state index contributed by atoms with van der Waals surface area (Å²) < 4.78 is 0. The highest BCUT2D eigenvalue weighted by Gasteiger charge is 2.29. The van der Waals surface area contributed by atoms with Crippen LogP contribution < -0.4 is 11.1 Å². The molecule has 1 aliphatic carbocycles.